The third-order valence-corrected chi connectivity index (χ3v) is 4.99. The van der Waals surface area contributed by atoms with Crippen molar-refractivity contribution >= 4 is 17.6 Å². The van der Waals surface area contributed by atoms with Gasteiger partial charge in [0.15, 0.2) is 0 Å². The van der Waals surface area contributed by atoms with Gasteiger partial charge in [0, 0.05) is 31.6 Å². The molecule has 3 rings (SSSR count). The maximum atomic E-state index is 13.0. The highest BCUT2D eigenvalue weighted by Gasteiger charge is 2.26. The van der Waals surface area contributed by atoms with Crippen molar-refractivity contribution < 1.29 is 9.59 Å². The number of piperidine rings is 1. The lowest BCUT2D eigenvalue weighted by Crippen LogP contribution is -2.47. The highest BCUT2D eigenvalue weighted by atomic mass is 16.2. The fourth-order valence-electron chi connectivity index (χ4n) is 3.63. The number of para-hydroxylation sites is 1. The fraction of sp³-hybridized carbons (Fsp3) is 0.364. The smallest absolute Gasteiger partial charge is 0.322 e. The van der Waals surface area contributed by atoms with E-state index < -0.39 is 0 Å². The van der Waals surface area contributed by atoms with E-state index >= 15 is 0 Å². The molecular formula is C22H27N3O2. The van der Waals surface area contributed by atoms with Crippen LogP contribution in [0.15, 0.2) is 54.6 Å². The molecule has 5 nitrogen and oxygen atoms in total. The standard InChI is InChI=1S/C22H27N3O2/c1-17(26)23-15-14-19-11-7-8-16-25(19)22(27)24-21-13-6-5-12-20(21)18-9-3-2-4-10-18/h2-6,9-10,12-13,19H,7-8,11,14-16H2,1H3,(H,23,26)(H,24,27). The molecule has 27 heavy (non-hydrogen) atoms. The van der Waals surface area contributed by atoms with Crippen molar-refractivity contribution in [3.63, 3.8) is 0 Å². The number of anilines is 1. The Labute approximate surface area is 160 Å². The second-order valence-electron chi connectivity index (χ2n) is 6.96. The van der Waals surface area contributed by atoms with Crippen molar-refractivity contribution in [3.8, 4) is 11.1 Å². The van der Waals surface area contributed by atoms with Crippen molar-refractivity contribution in [2.24, 2.45) is 0 Å². The summed E-state index contributed by atoms with van der Waals surface area (Å²) in [6.45, 7) is 2.88. The van der Waals surface area contributed by atoms with Crippen molar-refractivity contribution in [1.82, 2.24) is 10.2 Å². The molecule has 0 saturated carbocycles. The van der Waals surface area contributed by atoms with Crippen molar-refractivity contribution in [2.45, 2.75) is 38.6 Å². The first-order chi connectivity index (χ1) is 13.1. The van der Waals surface area contributed by atoms with Crippen LogP contribution in [0.5, 0.6) is 0 Å². The molecule has 1 unspecified atom stereocenters. The van der Waals surface area contributed by atoms with Gasteiger partial charge in [-0.05, 0) is 37.3 Å². The quantitative estimate of drug-likeness (QED) is 0.831. The molecule has 1 aliphatic rings. The molecule has 1 aliphatic heterocycles. The monoisotopic (exact) mass is 365 g/mol. The van der Waals surface area contributed by atoms with Crippen LogP contribution in [0.4, 0.5) is 10.5 Å². The molecule has 1 fully saturated rings. The summed E-state index contributed by atoms with van der Waals surface area (Å²) in [5, 5.41) is 5.94. The summed E-state index contributed by atoms with van der Waals surface area (Å²) >= 11 is 0. The van der Waals surface area contributed by atoms with Crippen LogP contribution in [0.2, 0.25) is 0 Å². The van der Waals surface area contributed by atoms with Crippen LogP contribution in [-0.4, -0.2) is 36.0 Å². The molecule has 2 aromatic carbocycles. The lowest BCUT2D eigenvalue weighted by molar-refractivity contribution is -0.119. The van der Waals surface area contributed by atoms with Crippen LogP contribution in [0.25, 0.3) is 11.1 Å². The van der Waals surface area contributed by atoms with E-state index in [2.05, 4.69) is 10.6 Å². The first kappa shape index (κ1) is 19.0. The molecule has 3 amide bonds. The largest absolute Gasteiger partial charge is 0.356 e. The maximum absolute atomic E-state index is 13.0. The van der Waals surface area contributed by atoms with Gasteiger partial charge in [0.25, 0.3) is 0 Å². The molecule has 1 heterocycles. The number of amides is 3. The van der Waals surface area contributed by atoms with E-state index in [1.54, 1.807) is 0 Å². The minimum atomic E-state index is -0.0640. The van der Waals surface area contributed by atoms with Gasteiger partial charge in [-0.2, -0.15) is 0 Å². The summed E-state index contributed by atoms with van der Waals surface area (Å²) < 4.78 is 0. The summed E-state index contributed by atoms with van der Waals surface area (Å²) in [5.74, 6) is -0.0291. The Hall–Kier alpha value is -2.82. The van der Waals surface area contributed by atoms with Gasteiger partial charge in [-0.1, -0.05) is 48.5 Å². The average Bonchev–Trinajstić information content (AvgIpc) is 2.69. The fourth-order valence-corrected chi connectivity index (χ4v) is 3.63. The average molecular weight is 365 g/mol. The Morgan fingerprint density at radius 2 is 1.78 bits per heavy atom. The van der Waals surface area contributed by atoms with Gasteiger partial charge in [0.2, 0.25) is 5.91 Å². The zero-order chi connectivity index (χ0) is 19.1. The molecule has 5 heteroatoms. The molecule has 2 aromatic rings. The van der Waals surface area contributed by atoms with E-state index in [0.29, 0.717) is 6.54 Å². The maximum Gasteiger partial charge on any atom is 0.322 e. The Kier molecular flexibility index (Phi) is 6.47. The Bertz CT molecular complexity index is 776. The van der Waals surface area contributed by atoms with Gasteiger partial charge in [0.1, 0.15) is 0 Å². The molecule has 0 aromatic heterocycles. The Morgan fingerprint density at radius 1 is 1.04 bits per heavy atom. The van der Waals surface area contributed by atoms with Crippen LogP contribution >= 0.6 is 0 Å². The SMILES string of the molecule is CC(=O)NCCC1CCCCN1C(=O)Nc1ccccc1-c1ccccc1. The molecule has 1 atom stereocenters. The minimum absolute atomic E-state index is 0.0291. The number of urea groups is 1. The predicted octanol–water partition coefficient (Wildman–Crippen LogP) is 4.27. The third-order valence-electron chi connectivity index (χ3n) is 4.99. The molecule has 0 aliphatic carbocycles. The summed E-state index contributed by atoms with van der Waals surface area (Å²) in [7, 11) is 0. The summed E-state index contributed by atoms with van der Waals surface area (Å²) in [6, 6.07) is 18.0. The minimum Gasteiger partial charge on any atom is -0.356 e. The molecular weight excluding hydrogens is 338 g/mol. The van der Waals surface area contributed by atoms with Crippen molar-refractivity contribution in [1.29, 1.82) is 0 Å². The number of hydrogen-bond acceptors (Lipinski definition) is 2. The summed E-state index contributed by atoms with van der Waals surface area (Å²) in [5.41, 5.74) is 2.91. The number of nitrogens with zero attached hydrogens (tertiary/aromatic N) is 1. The third kappa shape index (κ3) is 5.09. The number of rotatable bonds is 5. The van der Waals surface area contributed by atoms with Gasteiger partial charge >= 0.3 is 6.03 Å². The Morgan fingerprint density at radius 3 is 2.56 bits per heavy atom. The van der Waals surface area contributed by atoms with Gasteiger partial charge < -0.3 is 15.5 Å². The molecule has 0 spiro atoms. The molecule has 1 saturated heterocycles. The summed E-state index contributed by atoms with van der Waals surface area (Å²) in [6.07, 6.45) is 3.90. The van der Waals surface area contributed by atoms with Gasteiger partial charge in [0.05, 0.1) is 5.69 Å². The van der Waals surface area contributed by atoms with E-state index in [1.165, 1.54) is 6.92 Å². The summed E-state index contributed by atoms with van der Waals surface area (Å²) in [4.78, 5) is 26.0. The topological polar surface area (TPSA) is 61.4 Å². The Balaban J connectivity index is 1.71. The molecule has 2 N–H and O–H groups in total. The van der Waals surface area contributed by atoms with E-state index in [4.69, 9.17) is 0 Å². The first-order valence-corrected chi connectivity index (χ1v) is 9.61. The van der Waals surface area contributed by atoms with Gasteiger partial charge in [-0.15, -0.1) is 0 Å². The van der Waals surface area contributed by atoms with Crippen LogP contribution in [0, 0.1) is 0 Å². The molecule has 0 bridgehead atoms. The van der Waals surface area contributed by atoms with Crippen LogP contribution < -0.4 is 10.6 Å². The molecule has 0 radical (unpaired) electrons. The lowest BCUT2D eigenvalue weighted by Gasteiger charge is -2.36. The second-order valence-corrected chi connectivity index (χ2v) is 6.96. The van der Waals surface area contributed by atoms with Crippen LogP contribution in [0.1, 0.15) is 32.6 Å². The highest BCUT2D eigenvalue weighted by molar-refractivity contribution is 5.94. The number of likely N-dealkylation sites (tertiary alicyclic amines) is 1. The van der Waals surface area contributed by atoms with E-state index in [-0.39, 0.29) is 18.0 Å². The zero-order valence-electron chi connectivity index (χ0n) is 15.8. The normalized spacial score (nSPS) is 16.6. The number of nitrogens with one attached hydrogen (secondary N) is 2. The second kappa shape index (κ2) is 9.21. The van der Waals surface area contributed by atoms with Gasteiger partial charge in [-0.25, -0.2) is 4.79 Å². The lowest BCUT2D eigenvalue weighted by atomic mass is 9.99. The number of benzene rings is 2. The predicted molar refractivity (Wildman–Crippen MR) is 109 cm³/mol. The number of carbonyl (C=O) groups is 2. The van der Waals surface area contributed by atoms with Crippen LogP contribution in [0.3, 0.4) is 0 Å². The van der Waals surface area contributed by atoms with E-state index in [0.717, 1.165) is 49.0 Å². The highest BCUT2D eigenvalue weighted by Crippen LogP contribution is 2.28. The van der Waals surface area contributed by atoms with Crippen molar-refractivity contribution in [2.75, 3.05) is 18.4 Å². The van der Waals surface area contributed by atoms with Crippen LogP contribution in [-0.2, 0) is 4.79 Å². The molecule has 142 valence electrons. The van der Waals surface area contributed by atoms with Crippen molar-refractivity contribution in [3.05, 3.63) is 54.6 Å². The first-order valence-electron chi connectivity index (χ1n) is 9.61. The van der Waals surface area contributed by atoms with E-state index in [1.807, 2.05) is 59.5 Å². The van der Waals surface area contributed by atoms with Gasteiger partial charge in [-0.3, -0.25) is 4.79 Å². The number of carbonyl (C=O) groups excluding carboxylic acids is 2. The zero-order valence-corrected chi connectivity index (χ0v) is 15.8. The number of hydrogen-bond donors (Lipinski definition) is 2. The van der Waals surface area contributed by atoms with E-state index in [9.17, 15) is 9.59 Å².